The van der Waals surface area contributed by atoms with Crippen LogP contribution in [0.2, 0.25) is 0 Å². The summed E-state index contributed by atoms with van der Waals surface area (Å²) in [5, 5.41) is 0. The van der Waals surface area contributed by atoms with Crippen molar-refractivity contribution in [2.24, 2.45) is 5.73 Å². The van der Waals surface area contributed by atoms with Crippen LogP contribution < -0.4 is 10.5 Å². The van der Waals surface area contributed by atoms with Crippen molar-refractivity contribution in [1.29, 1.82) is 0 Å². The van der Waals surface area contributed by atoms with Crippen molar-refractivity contribution in [3.63, 3.8) is 0 Å². The van der Waals surface area contributed by atoms with Gasteiger partial charge in [0.1, 0.15) is 5.75 Å². The third-order valence-corrected chi connectivity index (χ3v) is 2.60. The van der Waals surface area contributed by atoms with E-state index >= 15 is 0 Å². The van der Waals surface area contributed by atoms with Crippen molar-refractivity contribution in [2.75, 3.05) is 0 Å². The lowest BCUT2D eigenvalue weighted by molar-refractivity contribution is -0.299. The van der Waals surface area contributed by atoms with Gasteiger partial charge in [-0.25, -0.2) is 0 Å². The molecule has 0 aromatic heterocycles. The molecular weight excluding hydrogens is 288 g/mol. The van der Waals surface area contributed by atoms with E-state index in [4.69, 9.17) is 5.73 Å². The maximum absolute atomic E-state index is 12.3. The Balaban J connectivity index is 2.90. The number of ether oxygens (including phenoxy) is 1. The minimum atomic E-state index is -5.53. The molecule has 0 saturated carbocycles. The van der Waals surface area contributed by atoms with Crippen LogP contribution in [0.3, 0.4) is 0 Å². The normalized spacial score (nSPS) is 14.4. The van der Waals surface area contributed by atoms with Crippen LogP contribution in [0.5, 0.6) is 5.75 Å². The Hall–Kier alpha value is -1.44. The van der Waals surface area contributed by atoms with E-state index in [9.17, 15) is 26.3 Å². The minimum absolute atomic E-state index is 0.329. The smallest absolute Gasteiger partial charge is 0.434 e. The Morgan fingerprint density at radius 2 is 1.45 bits per heavy atom. The van der Waals surface area contributed by atoms with Gasteiger partial charge in [-0.05, 0) is 24.1 Å². The molecule has 0 bridgehead atoms. The van der Waals surface area contributed by atoms with Crippen LogP contribution in [-0.4, -0.2) is 18.5 Å². The molecule has 2 N–H and O–H groups in total. The predicted molar refractivity (Wildman–Crippen MR) is 60.2 cm³/mol. The first-order valence-electron chi connectivity index (χ1n) is 5.71. The number of hydrogen-bond donors (Lipinski definition) is 1. The molecule has 0 fully saturated rings. The molecule has 1 rings (SSSR count). The highest BCUT2D eigenvalue weighted by molar-refractivity contribution is 5.29. The molecule has 114 valence electrons. The van der Waals surface area contributed by atoms with Crippen molar-refractivity contribution in [1.82, 2.24) is 0 Å². The second-order valence-electron chi connectivity index (χ2n) is 4.16. The number of rotatable bonds is 4. The maximum atomic E-state index is 12.3. The van der Waals surface area contributed by atoms with E-state index in [0.29, 0.717) is 12.0 Å². The summed E-state index contributed by atoms with van der Waals surface area (Å²) in [4.78, 5) is 0. The zero-order valence-electron chi connectivity index (χ0n) is 10.4. The number of hydrogen-bond acceptors (Lipinski definition) is 2. The van der Waals surface area contributed by atoms with Gasteiger partial charge in [-0.1, -0.05) is 19.1 Å². The average Bonchev–Trinajstić information content (AvgIpc) is 2.33. The largest absolute Gasteiger partial charge is 0.471 e. The molecule has 8 heteroatoms. The molecule has 0 unspecified atom stereocenters. The minimum Gasteiger partial charge on any atom is -0.471 e. The first-order chi connectivity index (χ1) is 9.05. The SMILES string of the molecule is CC[C@@H](N)c1ccc(OC(C(F)(F)F)C(F)(F)F)cc1. The third kappa shape index (κ3) is 4.29. The maximum Gasteiger partial charge on any atom is 0.434 e. The van der Waals surface area contributed by atoms with E-state index < -0.39 is 24.2 Å². The molecule has 0 aliphatic carbocycles. The summed E-state index contributed by atoms with van der Waals surface area (Å²) < 4.78 is 77.8. The molecule has 1 aromatic carbocycles. The molecule has 0 aliphatic heterocycles. The van der Waals surface area contributed by atoms with Crippen LogP contribution in [-0.2, 0) is 0 Å². The summed E-state index contributed by atoms with van der Waals surface area (Å²) in [6.07, 6.45) is -14.3. The van der Waals surface area contributed by atoms with E-state index in [1.54, 1.807) is 6.92 Å². The van der Waals surface area contributed by atoms with Gasteiger partial charge in [0.2, 0.25) is 0 Å². The lowest BCUT2D eigenvalue weighted by Gasteiger charge is -2.24. The highest BCUT2D eigenvalue weighted by atomic mass is 19.4. The summed E-state index contributed by atoms with van der Waals surface area (Å²) >= 11 is 0. The van der Waals surface area contributed by atoms with E-state index in [0.717, 1.165) is 12.1 Å². The molecule has 2 nitrogen and oxygen atoms in total. The Kier molecular flexibility index (Phi) is 4.90. The van der Waals surface area contributed by atoms with Crippen LogP contribution >= 0.6 is 0 Å². The average molecular weight is 301 g/mol. The molecule has 0 radical (unpaired) electrons. The van der Waals surface area contributed by atoms with Gasteiger partial charge in [0.15, 0.2) is 0 Å². The van der Waals surface area contributed by atoms with E-state index in [1.165, 1.54) is 12.1 Å². The Morgan fingerprint density at radius 3 is 1.80 bits per heavy atom. The van der Waals surface area contributed by atoms with Crippen LogP contribution in [0.15, 0.2) is 24.3 Å². The number of benzene rings is 1. The monoisotopic (exact) mass is 301 g/mol. The second-order valence-corrected chi connectivity index (χ2v) is 4.16. The van der Waals surface area contributed by atoms with Crippen molar-refractivity contribution in [2.45, 2.75) is 37.8 Å². The molecule has 0 spiro atoms. The molecule has 20 heavy (non-hydrogen) atoms. The molecule has 0 heterocycles. The lowest BCUT2D eigenvalue weighted by Crippen LogP contribution is -2.46. The predicted octanol–water partition coefficient (Wildman–Crippen LogP) is 3.97. The van der Waals surface area contributed by atoms with Crippen molar-refractivity contribution < 1.29 is 31.1 Å². The van der Waals surface area contributed by atoms with Crippen molar-refractivity contribution in [3.8, 4) is 5.75 Å². The van der Waals surface area contributed by atoms with Crippen molar-refractivity contribution in [3.05, 3.63) is 29.8 Å². The molecule has 0 saturated heterocycles. The van der Waals surface area contributed by atoms with E-state index in [-0.39, 0.29) is 6.04 Å². The van der Waals surface area contributed by atoms with Gasteiger partial charge in [-0.3, -0.25) is 0 Å². The van der Waals surface area contributed by atoms with Gasteiger partial charge >= 0.3 is 12.4 Å². The van der Waals surface area contributed by atoms with Gasteiger partial charge < -0.3 is 10.5 Å². The molecule has 0 amide bonds. The summed E-state index contributed by atoms with van der Waals surface area (Å²) in [5.41, 5.74) is 6.29. The number of alkyl halides is 6. The lowest BCUT2D eigenvalue weighted by atomic mass is 10.1. The van der Waals surface area contributed by atoms with E-state index in [1.807, 2.05) is 0 Å². The fourth-order valence-corrected chi connectivity index (χ4v) is 1.48. The molecule has 0 aliphatic rings. The highest BCUT2D eigenvalue weighted by Gasteiger charge is 2.59. The Labute approximate surface area is 111 Å². The number of nitrogens with two attached hydrogens (primary N) is 1. The molecule has 1 atom stereocenters. The molecule has 1 aromatic rings. The van der Waals surface area contributed by atoms with Gasteiger partial charge in [-0.2, -0.15) is 26.3 Å². The fourth-order valence-electron chi connectivity index (χ4n) is 1.48. The van der Waals surface area contributed by atoms with Gasteiger partial charge in [-0.15, -0.1) is 0 Å². The van der Waals surface area contributed by atoms with Crippen LogP contribution in [0.25, 0.3) is 0 Å². The van der Waals surface area contributed by atoms with Gasteiger partial charge in [0.05, 0.1) is 0 Å². The fraction of sp³-hybridized carbons (Fsp3) is 0.500. The summed E-state index contributed by atoms with van der Waals surface area (Å²) in [6.45, 7) is 1.80. The van der Waals surface area contributed by atoms with Crippen LogP contribution in [0.4, 0.5) is 26.3 Å². The van der Waals surface area contributed by atoms with Crippen molar-refractivity contribution >= 4 is 0 Å². The topological polar surface area (TPSA) is 35.2 Å². The summed E-state index contributed by atoms with van der Waals surface area (Å²) in [7, 11) is 0. The quantitative estimate of drug-likeness (QED) is 0.854. The Bertz CT molecular complexity index is 411. The standard InChI is InChI=1S/C12H13F6NO/c1-2-9(19)7-3-5-8(6-4-7)20-10(11(13,14)15)12(16,17)18/h3-6,9-10H,2,19H2,1H3/t9-/m1/s1. The van der Waals surface area contributed by atoms with Gasteiger partial charge in [0, 0.05) is 6.04 Å². The number of halogens is 6. The van der Waals surface area contributed by atoms with E-state index in [2.05, 4.69) is 4.74 Å². The third-order valence-electron chi connectivity index (χ3n) is 2.60. The zero-order chi connectivity index (χ0) is 15.6. The van der Waals surface area contributed by atoms with Crippen LogP contribution in [0, 0.1) is 0 Å². The summed E-state index contributed by atoms with van der Waals surface area (Å²) in [6, 6.07) is 4.43. The molecular formula is C12H13F6NO. The van der Waals surface area contributed by atoms with Gasteiger partial charge in [0.25, 0.3) is 6.10 Å². The Morgan fingerprint density at radius 1 is 1.00 bits per heavy atom. The first kappa shape index (κ1) is 16.6. The zero-order valence-corrected chi connectivity index (χ0v) is 10.4. The summed E-state index contributed by atoms with van der Waals surface area (Å²) in [5.74, 6) is -0.517. The van der Waals surface area contributed by atoms with Crippen LogP contribution in [0.1, 0.15) is 24.9 Å². The highest BCUT2D eigenvalue weighted by Crippen LogP contribution is 2.36. The first-order valence-corrected chi connectivity index (χ1v) is 5.71. The second kappa shape index (κ2) is 5.90.